The van der Waals surface area contributed by atoms with Gasteiger partial charge in [-0.1, -0.05) is 23.2 Å². The molecule has 0 aliphatic heterocycles. The van der Waals surface area contributed by atoms with Gasteiger partial charge in [0.15, 0.2) is 18.1 Å². The largest absolute Gasteiger partial charge is 0.493 e. The summed E-state index contributed by atoms with van der Waals surface area (Å²) in [6.45, 7) is 2.15. The molecule has 26 heavy (non-hydrogen) atoms. The van der Waals surface area contributed by atoms with Crippen molar-refractivity contribution in [3.05, 3.63) is 52.0 Å². The molecule has 0 atom stereocenters. The molecule has 2 rings (SSSR count). The summed E-state index contributed by atoms with van der Waals surface area (Å²) in [5.41, 5.74) is 3.02. The van der Waals surface area contributed by atoms with Gasteiger partial charge in [-0.2, -0.15) is 5.10 Å². The molecule has 0 saturated carbocycles. The van der Waals surface area contributed by atoms with Gasteiger partial charge in [0.25, 0.3) is 5.91 Å². The van der Waals surface area contributed by atoms with Crippen LogP contribution in [0.2, 0.25) is 10.0 Å². The van der Waals surface area contributed by atoms with E-state index in [-0.39, 0.29) is 6.61 Å². The molecule has 0 unspecified atom stereocenters. The van der Waals surface area contributed by atoms with Crippen molar-refractivity contribution in [1.82, 2.24) is 5.43 Å². The number of methoxy groups -OCH3 is 1. The number of carbonyl (C=O) groups is 1. The lowest BCUT2D eigenvalue weighted by molar-refractivity contribution is -0.123. The summed E-state index contributed by atoms with van der Waals surface area (Å²) in [5, 5.41) is 4.87. The second-order valence-corrected chi connectivity index (χ2v) is 5.85. The highest BCUT2D eigenvalue weighted by molar-refractivity contribution is 6.32. The number of nitrogens with one attached hydrogen (secondary N) is 1. The predicted octanol–water partition coefficient (Wildman–Crippen LogP) is 3.93. The highest BCUT2D eigenvalue weighted by Gasteiger charge is 2.11. The maximum Gasteiger partial charge on any atom is 0.277 e. The van der Waals surface area contributed by atoms with E-state index in [4.69, 9.17) is 37.4 Å². The molecule has 2 aromatic rings. The molecule has 1 N–H and O–H groups in total. The number of ether oxygens (including phenoxy) is 3. The average Bonchev–Trinajstić information content (AvgIpc) is 2.63. The van der Waals surface area contributed by atoms with Crippen LogP contribution in [0.5, 0.6) is 17.2 Å². The lowest BCUT2D eigenvalue weighted by Crippen LogP contribution is -2.24. The smallest absolute Gasteiger partial charge is 0.277 e. The van der Waals surface area contributed by atoms with Crippen molar-refractivity contribution in [3.63, 3.8) is 0 Å². The number of carbonyl (C=O) groups excluding carboxylic acids is 1. The van der Waals surface area contributed by atoms with E-state index in [0.29, 0.717) is 39.5 Å². The summed E-state index contributed by atoms with van der Waals surface area (Å²) >= 11 is 12.0. The molecular weight excluding hydrogens is 379 g/mol. The normalized spacial score (nSPS) is 10.6. The van der Waals surface area contributed by atoms with E-state index in [2.05, 4.69) is 10.5 Å². The Morgan fingerprint density at radius 2 is 1.92 bits per heavy atom. The van der Waals surface area contributed by atoms with Crippen LogP contribution in [0, 0.1) is 0 Å². The van der Waals surface area contributed by atoms with E-state index in [9.17, 15) is 4.79 Å². The molecular formula is C18H18Cl2N2O4. The van der Waals surface area contributed by atoms with Crippen molar-refractivity contribution in [2.24, 2.45) is 5.10 Å². The number of hydrogen-bond acceptors (Lipinski definition) is 5. The fourth-order valence-electron chi connectivity index (χ4n) is 1.99. The number of hydrazone groups is 1. The zero-order chi connectivity index (χ0) is 18.9. The van der Waals surface area contributed by atoms with Crippen LogP contribution in [0.3, 0.4) is 0 Å². The third-order valence-corrected chi connectivity index (χ3v) is 3.66. The lowest BCUT2D eigenvalue weighted by Gasteiger charge is -2.11. The van der Waals surface area contributed by atoms with Gasteiger partial charge >= 0.3 is 0 Å². The Bertz CT molecular complexity index is 780. The number of rotatable bonds is 8. The van der Waals surface area contributed by atoms with Gasteiger partial charge in [0, 0.05) is 5.02 Å². The molecule has 2 aromatic carbocycles. The molecule has 6 nitrogen and oxygen atoms in total. The maximum atomic E-state index is 11.8. The summed E-state index contributed by atoms with van der Waals surface area (Å²) in [6.07, 6.45) is 1.45. The topological polar surface area (TPSA) is 69.2 Å². The molecule has 0 spiro atoms. The van der Waals surface area contributed by atoms with Crippen molar-refractivity contribution in [1.29, 1.82) is 0 Å². The zero-order valence-electron chi connectivity index (χ0n) is 14.3. The maximum absolute atomic E-state index is 11.8. The zero-order valence-corrected chi connectivity index (χ0v) is 15.8. The van der Waals surface area contributed by atoms with Gasteiger partial charge in [-0.05, 0) is 48.9 Å². The van der Waals surface area contributed by atoms with Crippen molar-refractivity contribution in [2.75, 3.05) is 20.3 Å². The summed E-state index contributed by atoms with van der Waals surface area (Å²) in [7, 11) is 1.52. The summed E-state index contributed by atoms with van der Waals surface area (Å²) in [4.78, 5) is 11.8. The Balaban J connectivity index is 1.91. The van der Waals surface area contributed by atoms with E-state index in [1.54, 1.807) is 36.4 Å². The molecule has 8 heteroatoms. The second kappa shape index (κ2) is 9.89. The van der Waals surface area contributed by atoms with Crippen LogP contribution in [0.15, 0.2) is 41.5 Å². The Morgan fingerprint density at radius 3 is 2.58 bits per heavy atom. The van der Waals surface area contributed by atoms with Crippen molar-refractivity contribution >= 4 is 35.3 Å². The molecule has 138 valence electrons. The summed E-state index contributed by atoms with van der Waals surface area (Å²) < 4.78 is 16.0. The third kappa shape index (κ3) is 5.82. The van der Waals surface area contributed by atoms with Crippen LogP contribution in [0.1, 0.15) is 12.5 Å². The van der Waals surface area contributed by atoms with Gasteiger partial charge in [-0.3, -0.25) is 4.79 Å². The van der Waals surface area contributed by atoms with E-state index in [1.165, 1.54) is 13.3 Å². The van der Waals surface area contributed by atoms with Gasteiger partial charge in [-0.25, -0.2) is 5.43 Å². The highest BCUT2D eigenvalue weighted by atomic mass is 35.5. The second-order valence-electron chi connectivity index (χ2n) is 5.00. The molecule has 0 aliphatic carbocycles. The molecule has 0 saturated heterocycles. The molecule has 0 aromatic heterocycles. The van der Waals surface area contributed by atoms with Crippen molar-refractivity contribution in [3.8, 4) is 17.2 Å². The van der Waals surface area contributed by atoms with Gasteiger partial charge in [0.1, 0.15) is 5.75 Å². The molecule has 0 radical (unpaired) electrons. The van der Waals surface area contributed by atoms with Gasteiger partial charge in [0.05, 0.1) is 25.0 Å². The van der Waals surface area contributed by atoms with E-state index in [0.717, 1.165) is 0 Å². The standard InChI is InChI=1S/C18H18Cl2N2O4/c1-3-25-18-15(20)8-12(9-16(18)24-2)10-21-22-17(23)11-26-14-6-4-13(19)5-7-14/h4-10H,3,11H2,1-2H3,(H,22,23)/b21-10-. The Morgan fingerprint density at radius 1 is 1.19 bits per heavy atom. The minimum atomic E-state index is -0.403. The Hall–Kier alpha value is -2.44. The number of nitrogens with zero attached hydrogens (tertiary/aromatic N) is 1. The Kier molecular flexibility index (Phi) is 7.56. The number of benzene rings is 2. The number of amides is 1. The van der Waals surface area contributed by atoms with Crippen LogP contribution in [-0.2, 0) is 4.79 Å². The first-order valence-corrected chi connectivity index (χ1v) is 8.49. The quantitative estimate of drug-likeness (QED) is 0.541. The Labute approximate surface area is 161 Å². The van der Waals surface area contributed by atoms with Crippen LogP contribution < -0.4 is 19.6 Å². The van der Waals surface area contributed by atoms with Crippen LogP contribution in [-0.4, -0.2) is 32.4 Å². The van der Waals surface area contributed by atoms with Crippen molar-refractivity contribution in [2.45, 2.75) is 6.92 Å². The van der Waals surface area contributed by atoms with E-state index >= 15 is 0 Å². The minimum absolute atomic E-state index is 0.174. The van der Waals surface area contributed by atoms with Gasteiger partial charge < -0.3 is 14.2 Å². The third-order valence-electron chi connectivity index (χ3n) is 3.13. The highest BCUT2D eigenvalue weighted by Crippen LogP contribution is 2.35. The summed E-state index contributed by atoms with van der Waals surface area (Å²) in [6, 6.07) is 10.1. The van der Waals surface area contributed by atoms with Crippen LogP contribution >= 0.6 is 23.2 Å². The molecule has 0 aliphatic rings. The SMILES string of the molecule is CCOc1c(Cl)cc(/C=N\NC(=O)COc2ccc(Cl)cc2)cc1OC. The lowest BCUT2D eigenvalue weighted by atomic mass is 10.2. The first kappa shape index (κ1) is 19.9. The molecule has 0 heterocycles. The van der Waals surface area contributed by atoms with Gasteiger partial charge in [0.2, 0.25) is 0 Å². The first-order chi connectivity index (χ1) is 12.5. The monoisotopic (exact) mass is 396 g/mol. The van der Waals surface area contributed by atoms with E-state index in [1.807, 2.05) is 6.92 Å². The minimum Gasteiger partial charge on any atom is -0.493 e. The van der Waals surface area contributed by atoms with E-state index < -0.39 is 5.91 Å². The number of hydrogen-bond donors (Lipinski definition) is 1. The summed E-state index contributed by atoms with van der Waals surface area (Å²) in [5.74, 6) is 1.09. The molecule has 1 amide bonds. The van der Waals surface area contributed by atoms with Crippen LogP contribution in [0.25, 0.3) is 0 Å². The van der Waals surface area contributed by atoms with Gasteiger partial charge in [-0.15, -0.1) is 0 Å². The molecule has 0 fully saturated rings. The average molecular weight is 397 g/mol. The fourth-order valence-corrected chi connectivity index (χ4v) is 2.39. The van der Waals surface area contributed by atoms with Crippen molar-refractivity contribution < 1.29 is 19.0 Å². The predicted molar refractivity (Wildman–Crippen MR) is 102 cm³/mol. The molecule has 0 bridgehead atoms. The number of halogens is 2. The first-order valence-electron chi connectivity index (χ1n) is 7.74. The van der Waals surface area contributed by atoms with Crippen LogP contribution in [0.4, 0.5) is 0 Å². The fraction of sp³-hybridized carbons (Fsp3) is 0.222.